The summed E-state index contributed by atoms with van der Waals surface area (Å²) in [5.41, 5.74) is 0.930. The topological polar surface area (TPSA) is 93.2 Å². The van der Waals surface area contributed by atoms with Crippen molar-refractivity contribution in [3.8, 4) is 11.5 Å². The van der Waals surface area contributed by atoms with Crippen LogP contribution in [0.4, 0.5) is 0 Å². The lowest BCUT2D eigenvalue weighted by Gasteiger charge is -2.15. The van der Waals surface area contributed by atoms with Crippen molar-refractivity contribution in [3.05, 3.63) is 52.8 Å². The van der Waals surface area contributed by atoms with Crippen molar-refractivity contribution >= 4 is 19.8 Å². The lowest BCUT2D eigenvalue weighted by Crippen LogP contribution is -2.22. The molecule has 0 fully saturated rings. The van der Waals surface area contributed by atoms with Crippen LogP contribution in [-0.4, -0.2) is 52.1 Å². The van der Waals surface area contributed by atoms with E-state index in [-0.39, 0.29) is 37.2 Å². The van der Waals surface area contributed by atoms with Gasteiger partial charge in [0.25, 0.3) is 0 Å². The molecule has 0 bridgehead atoms. The number of carbonyl (C=O) groups is 2. The van der Waals surface area contributed by atoms with Gasteiger partial charge in [-0.25, -0.2) is 9.78 Å². The highest BCUT2D eigenvalue weighted by molar-refractivity contribution is 6.76. The first kappa shape index (κ1) is 22.9. The van der Waals surface area contributed by atoms with E-state index in [1.807, 2.05) is 0 Å². The Bertz CT molecular complexity index is 955. The minimum absolute atomic E-state index is 0.0640. The minimum atomic E-state index is -1.15. The third kappa shape index (κ3) is 6.13. The van der Waals surface area contributed by atoms with Gasteiger partial charge in [-0.3, -0.25) is 4.79 Å². The third-order valence-corrected chi connectivity index (χ3v) is 6.33. The molecule has 1 aliphatic heterocycles. The Morgan fingerprint density at radius 1 is 1.06 bits per heavy atom. The number of ether oxygens (including phenoxy) is 5. The highest BCUT2D eigenvalue weighted by atomic mass is 28.3. The Kier molecular flexibility index (Phi) is 7.42. The van der Waals surface area contributed by atoms with Gasteiger partial charge in [-0.2, -0.15) is 0 Å². The molecule has 0 saturated heterocycles. The highest BCUT2D eigenvalue weighted by Gasteiger charge is 2.23. The molecule has 0 saturated carbocycles. The normalized spacial score (nSPS) is 12.6. The molecule has 0 amide bonds. The summed E-state index contributed by atoms with van der Waals surface area (Å²) in [6.45, 7) is 7.89. The van der Waals surface area contributed by atoms with Gasteiger partial charge >= 0.3 is 5.97 Å². The van der Waals surface area contributed by atoms with E-state index in [1.165, 1.54) is 7.11 Å². The zero-order chi connectivity index (χ0) is 22.4. The van der Waals surface area contributed by atoms with Crippen molar-refractivity contribution in [1.29, 1.82) is 0 Å². The Hall–Kier alpha value is -2.75. The van der Waals surface area contributed by atoms with E-state index in [4.69, 9.17) is 23.7 Å². The number of hydrogen-bond acceptors (Lipinski definition) is 8. The second-order valence-corrected chi connectivity index (χ2v) is 13.9. The van der Waals surface area contributed by atoms with Gasteiger partial charge in [0.2, 0.25) is 6.79 Å². The molecule has 8 nitrogen and oxygen atoms in total. The molecular weight excluding hydrogens is 418 g/mol. The molecule has 31 heavy (non-hydrogen) atoms. The number of hydrogen-bond donors (Lipinski definition) is 0. The molecule has 2 heterocycles. The Labute approximate surface area is 182 Å². The fourth-order valence-corrected chi connectivity index (χ4v) is 3.61. The molecule has 0 unspecified atom stereocenters. The Morgan fingerprint density at radius 3 is 2.58 bits per heavy atom. The van der Waals surface area contributed by atoms with Gasteiger partial charge in [0.05, 0.1) is 25.0 Å². The molecule has 1 aromatic heterocycles. The van der Waals surface area contributed by atoms with Crippen LogP contribution in [0.25, 0.3) is 0 Å². The first-order valence-electron chi connectivity index (χ1n) is 9.96. The number of ketones is 1. The lowest BCUT2D eigenvalue weighted by molar-refractivity contribution is -0.0582. The first-order valence-corrected chi connectivity index (χ1v) is 13.7. The minimum Gasteiger partial charge on any atom is -0.464 e. The van der Waals surface area contributed by atoms with E-state index in [2.05, 4.69) is 24.6 Å². The molecular formula is C22H27NO7Si. The largest absolute Gasteiger partial charge is 0.464 e. The number of nitrogens with zero attached hydrogens (tertiary/aromatic N) is 1. The average Bonchev–Trinajstić information content (AvgIpc) is 3.22. The standard InChI is InChI=1S/C22H27NO7Si/c1-26-22(25)20-17(21(24)15-5-8-18-19(11-15)30-14-29-18)7-6-16(23-20)12-28-13-27-9-10-31(2,3)4/h5-8,11H,9-10,12-14H2,1-4H3. The number of pyridine rings is 1. The molecule has 9 heteroatoms. The summed E-state index contributed by atoms with van der Waals surface area (Å²) in [5.74, 6) is -0.00863. The maximum absolute atomic E-state index is 13.0. The highest BCUT2D eigenvalue weighted by Crippen LogP contribution is 2.33. The maximum Gasteiger partial charge on any atom is 0.357 e. The zero-order valence-corrected chi connectivity index (χ0v) is 19.2. The van der Waals surface area contributed by atoms with E-state index >= 15 is 0 Å². The SMILES string of the molecule is COC(=O)c1nc(COCOCC[Si](C)(C)C)ccc1C(=O)c1ccc2c(c1)OCO2. The van der Waals surface area contributed by atoms with E-state index in [0.717, 1.165) is 6.04 Å². The molecule has 0 atom stereocenters. The quantitative estimate of drug-likeness (QED) is 0.180. The van der Waals surface area contributed by atoms with Crippen molar-refractivity contribution in [1.82, 2.24) is 4.98 Å². The van der Waals surface area contributed by atoms with Crippen LogP contribution in [0.3, 0.4) is 0 Å². The monoisotopic (exact) mass is 445 g/mol. The van der Waals surface area contributed by atoms with Crippen molar-refractivity contribution in [2.45, 2.75) is 32.3 Å². The van der Waals surface area contributed by atoms with Gasteiger partial charge in [0.1, 0.15) is 6.79 Å². The number of rotatable bonds is 10. The predicted octanol–water partition coefficient (Wildman–Crippen LogP) is 3.66. The Balaban J connectivity index is 1.68. The fourth-order valence-electron chi connectivity index (χ4n) is 2.85. The van der Waals surface area contributed by atoms with Gasteiger partial charge in [-0.15, -0.1) is 0 Å². The van der Waals surface area contributed by atoms with E-state index in [1.54, 1.807) is 30.3 Å². The number of fused-ring (bicyclic) bond motifs is 1. The van der Waals surface area contributed by atoms with Crippen molar-refractivity contribution < 1.29 is 33.3 Å². The summed E-state index contributed by atoms with van der Waals surface area (Å²) in [6, 6.07) is 9.11. The van der Waals surface area contributed by atoms with Crippen LogP contribution >= 0.6 is 0 Å². The molecule has 0 N–H and O–H groups in total. The number of benzene rings is 1. The van der Waals surface area contributed by atoms with Gasteiger partial charge in [0, 0.05) is 20.2 Å². The molecule has 0 aliphatic carbocycles. The molecule has 3 rings (SSSR count). The lowest BCUT2D eigenvalue weighted by atomic mass is 10.0. The molecule has 1 aliphatic rings. The Morgan fingerprint density at radius 2 is 1.84 bits per heavy atom. The van der Waals surface area contributed by atoms with E-state index in [9.17, 15) is 9.59 Å². The first-order chi connectivity index (χ1) is 14.8. The van der Waals surface area contributed by atoms with Crippen LogP contribution < -0.4 is 9.47 Å². The van der Waals surface area contributed by atoms with Crippen LogP contribution in [-0.2, 0) is 20.8 Å². The van der Waals surface area contributed by atoms with Crippen LogP contribution in [0.2, 0.25) is 25.7 Å². The van der Waals surface area contributed by atoms with Crippen LogP contribution in [0, 0.1) is 0 Å². The maximum atomic E-state index is 13.0. The summed E-state index contributed by atoms with van der Waals surface area (Å²) < 4.78 is 26.4. The predicted molar refractivity (Wildman–Crippen MR) is 115 cm³/mol. The summed E-state index contributed by atoms with van der Waals surface area (Å²) in [4.78, 5) is 29.6. The second kappa shape index (κ2) is 10.0. The van der Waals surface area contributed by atoms with E-state index in [0.29, 0.717) is 29.4 Å². The smallest absolute Gasteiger partial charge is 0.357 e. The molecule has 0 radical (unpaired) electrons. The summed E-state index contributed by atoms with van der Waals surface area (Å²) in [6.07, 6.45) is 0. The summed E-state index contributed by atoms with van der Waals surface area (Å²) >= 11 is 0. The van der Waals surface area contributed by atoms with E-state index < -0.39 is 14.0 Å². The number of aromatic nitrogens is 1. The molecule has 1 aromatic carbocycles. The number of methoxy groups -OCH3 is 1. The summed E-state index contributed by atoms with van der Waals surface area (Å²) in [5, 5.41) is 0. The van der Waals surface area contributed by atoms with Crippen LogP contribution in [0.1, 0.15) is 32.1 Å². The average molecular weight is 446 g/mol. The molecule has 2 aromatic rings. The van der Waals surface area contributed by atoms with Crippen molar-refractivity contribution in [2.24, 2.45) is 0 Å². The van der Waals surface area contributed by atoms with Crippen molar-refractivity contribution in [2.75, 3.05) is 27.3 Å². The van der Waals surface area contributed by atoms with Gasteiger partial charge in [-0.05, 0) is 36.4 Å². The van der Waals surface area contributed by atoms with Gasteiger partial charge < -0.3 is 23.7 Å². The third-order valence-electron chi connectivity index (χ3n) is 4.62. The van der Waals surface area contributed by atoms with Crippen LogP contribution in [0.15, 0.2) is 30.3 Å². The molecule has 0 spiro atoms. The van der Waals surface area contributed by atoms with Crippen LogP contribution in [0.5, 0.6) is 11.5 Å². The fraction of sp³-hybridized carbons (Fsp3) is 0.409. The van der Waals surface area contributed by atoms with Gasteiger partial charge in [-0.1, -0.05) is 19.6 Å². The van der Waals surface area contributed by atoms with Crippen molar-refractivity contribution in [3.63, 3.8) is 0 Å². The number of carbonyl (C=O) groups excluding carboxylic acids is 2. The van der Waals surface area contributed by atoms with Gasteiger partial charge in [0.15, 0.2) is 23.0 Å². The summed E-state index contributed by atoms with van der Waals surface area (Å²) in [7, 11) is 0.0967. The molecule has 166 valence electrons. The second-order valence-electron chi connectivity index (χ2n) is 8.27. The zero-order valence-electron chi connectivity index (χ0n) is 18.2. The number of esters is 1.